The van der Waals surface area contributed by atoms with Crippen molar-refractivity contribution >= 4 is 23.4 Å². The van der Waals surface area contributed by atoms with Crippen molar-refractivity contribution in [1.29, 1.82) is 0 Å². The van der Waals surface area contributed by atoms with Crippen molar-refractivity contribution in [3.8, 4) is 5.75 Å². The van der Waals surface area contributed by atoms with Crippen molar-refractivity contribution in [2.45, 2.75) is 25.6 Å². The van der Waals surface area contributed by atoms with Crippen LogP contribution in [0.15, 0.2) is 12.1 Å². The molecule has 0 aromatic heterocycles. The molecule has 0 radical (unpaired) electrons. The Morgan fingerprint density at radius 3 is 2.81 bits per heavy atom. The molecule has 1 atom stereocenters. The molecule has 0 fully saturated rings. The normalized spacial score (nSPS) is 12.8. The highest BCUT2D eigenvalue weighted by atomic mass is 35.5. The number of benzene rings is 1. The quantitative estimate of drug-likeness (QED) is 0.852. The lowest BCUT2D eigenvalue weighted by Gasteiger charge is -2.12. The van der Waals surface area contributed by atoms with Gasteiger partial charge in [0.1, 0.15) is 5.75 Å². The van der Waals surface area contributed by atoms with Gasteiger partial charge in [-0.15, -0.1) is 0 Å². The number of hydrogen-bond acceptors (Lipinski definition) is 3. The first kappa shape index (κ1) is 13.7. The molecule has 1 unspecified atom stereocenters. The molecular formula is C12H18ClNOS. The SMILES string of the molecule is CSC(C)CNCc1cc(Cl)cc(C)c1O. The first-order valence-corrected chi connectivity index (χ1v) is 6.92. The Morgan fingerprint density at radius 1 is 1.50 bits per heavy atom. The monoisotopic (exact) mass is 259 g/mol. The van der Waals surface area contributed by atoms with E-state index in [1.54, 1.807) is 12.1 Å². The van der Waals surface area contributed by atoms with Crippen molar-refractivity contribution < 1.29 is 5.11 Å². The van der Waals surface area contributed by atoms with E-state index in [0.29, 0.717) is 22.6 Å². The van der Waals surface area contributed by atoms with Crippen molar-refractivity contribution in [3.63, 3.8) is 0 Å². The standard InChI is InChI=1S/C12H18ClNOS/c1-8-4-11(13)5-10(12(8)15)7-14-6-9(2)16-3/h4-5,9,14-15H,6-7H2,1-3H3. The molecule has 0 spiro atoms. The second-order valence-electron chi connectivity index (χ2n) is 3.91. The van der Waals surface area contributed by atoms with Crippen LogP contribution in [0, 0.1) is 6.92 Å². The van der Waals surface area contributed by atoms with Crippen LogP contribution in [0.3, 0.4) is 0 Å². The summed E-state index contributed by atoms with van der Waals surface area (Å²) in [5.41, 5.74) is 1.68. The van der Waals surface area contributed by atoms with Crippen LogP contribution in [0.25, 0.3) is 0 Å². The van der Waals surface area contributed by atoms with Gasteiger partial charge in [-0.3, -0.25) is 0 Å². The highest BCUT2D eigenvalue weighted by Gasteiger charge is 2.06. The van der Waals surface area contributed by atoms with Gasteiger partial charge in [-0.1, -0.05) is 18.5 Å². The van der Waals surface area contributed by atoms with Gasteiger partial charge in [-0.2, -0.15) is 11.8 Å². The molecule has 1 aromatic rings. The summed E-state index contributed by atoms with van der Waals surface area (Å²) in [5.74, 6) is 0.341. The van der Waals surface area contributed by atoms with Crippen LogP contribution < -0.4 is 5.32 Å². The molecule has 16 heavy (non-hydrogen) atoms. The Labute approximate surface area is 106 Å². The molecule has 0 heterocycles. The van der Waals surface area contributed by atoms with Gasteiger partial charge < -0.3 is 10.4 Å². The summed E-state index contributed by atoms with van der Waals surface area (Å²) in [7, 11) is 0. The van der Waals surface area contributed by atoms with Crippen LogP contribution in [-0.4, -0.2) is 23.2 Å². The van der Waals surface area contributed by atoms with E-state index in [1.165, 1.54) is 0 Å². The lowest BCUT2D eigenvalue weighted by molar-refractivity contribution is 0.460. The molecule has 0 aliphatic heterocycles. The van der Waals surface area contributed by atoms with Gasteiger partial charge in [0.25, 0.3) is 0 Å². The fraction of sp³-hybridized carbons (Fsp3) is 0.500. The Hall–Kier alpha value is -0.380. The molecule has 0 saturated carbocycles. The Kier molecular flexibility index (Phi) is 5.46. The van der Waals surface area contributed by atoms with Gasteiger partial charge in [0.15, 0.2) is 0 Å². The smallest absolute Gasteiger partial charge is 0.123 e. The maximum Gasteiger partial charge on any atom is 0.123 e. The molecule has 0 amide bonds. The number of phenolic OH excluding ortho intramolecular Hbond substituents is 1. The van der Waals surface area contributed by atoms with Crippen molar-refractivity contribution in [2.24, 2.45) is 0 Å². The summed E-state index contributed by atoms with van der Waals surface area (Å²) < 4.78 is 0. The van der Waals surface area contributed by atoms with Crippen molar-refractivity contribution in [2.75, 3.05) is 12.8 Å². The van der Waals surface area contributed by atoms with E-state index in [2.05, 4.69) is 18.5 Å². The summed E-state index contributed by atoms with van der Waals surface area (Å²) in [6.45, 7) is 5.60. The molecule has 90 valence electrons. The largest absolute Gasteiger partial charge is 0.507 e. The molecule has 2 N–H and O–H groups in total. The van der Waals surface area contributed by atoms with E-state index < -0.39 is 0 Å². The number of thioether (sulfide) groups is 1. The zero-order chi connectivity index (χ0) is 12.1. The van der Waals surface area contributed by atoms with Gasteiger partial charge >= 0.3 is 0 Å². The zero-order valence-corrected chi connectivity index (χ0v) is 11.5. The number of halogens is 1. The molecular weight excluding hydrogens is 242 g/mol. The van der Waals surface area contributed by atoms with Crippen molar-refractivity contribution in [1.82, 2.24) is 5.32 Å². The first-order chi connectivity index (χ1) is 7.54. The average molecular weight is 260 g/mol. The van der Waals surface area contributed by atoms with Gasteiger partial charge in [0.05, 0.1) is 0 Å². The Balaban J connectivity index is 2.60. The summed E-state index contributed by atoms with van der Waals surface area (Å²) in [6.07, 6.45) is 2.09. The van der Waals surface area contributed by atoms with Gasteiger partial charge in [-0.05, 0) is 30.9 Å². The van der Waals surface area contributed by atoms with Crippen LogP contribution in [0.1, 0.15) is 18.1 Å². The molecule has 0 aliphatic rings. The minimum Gasteiger partial charge on any atom is -0.507 e. The number of nitrogens with one attached hydrogen (secondary N) is 1. The molecule has 0 saturated heterocycles. The highest BCUT2D eigenvalue weighted by molar-refractivity contribution is 7.99. The number of phenols is 1. The van der Waals surface area contributed by atoms with Crippen molar-refractivity contribution in [3.05, 3.63) is 28.3 Å². The highest BCUT2D eigenvalue weighted by Crippen LogP contribution is 2.26. The summed E-state index contributed by atoms with van der Waals surface area (Å²) in [5, 5.41) is 14.4. The molecule has 2 nitrogen and oxygen atoms in total. The van der Waals surface area contributed by atoms with E-state index in [-0.39, 0.29) is 0 Å². The van der Waals surface area contributed by atoms with E-state index in [4.69, 9.17) is 11.6 Å². The van der Waals surface area contributed by atoms with E-state index in [9.17, 15) is 5.11 Å². The fourth-order valence-corrected chi connectivity index (χ4v) is 2.01. The van der Waals surface area contributed by atoms with Crippen LogP contribution in [0.2, 0.25) is 5.02 Å². The Morgan fingerprint density at radius 2 is 2.19 bits per heavy atom. The first-order valence-electron chi connectivity index (χ1n) is 5.26. The second kappa shape index (κ2) is 6.38. The van der Waals surface area contributed by atoms with Gasteiger partial charge in [0, 0.05) is 28.9 Å². The lowest BCUT2D eigenvalue weighted by atomic mass is 10.1. The predicted molar refractivity (Wildman–Crippen MR) is 72.5 cm³/mol. The average Bonchev–Trinajstić information content (AvgIpc) is 2.24. The second-order valence-corrected chi connectivity index (χ2v) is 5.62. The van der Waals surface area contributed by atoms with Crippen LogP contribution in [0.5, 0.6) is 5.75 Å². The number of aryl methyl sites for hydroxylation is 1. The third kappa shape index (κ3) is 3.89. The van der Waals surface area contributed by atoms with Crippen LogP contribution in [0.4, 0.5) is 0 Å². The maximum atomic E-state index is 9.84. The minimum atomic E-state index is 0.341. The topological polar surface area (TPSA) is 32.3 Å². The number of rotatable bonds is 5. The van der Waals surface area contributed by atoms with E-state index >= 15 is 0 Å². The van der Waals surface area contributed by atoms with E-state index in [0.717, 1.165) is 17.7 Å². The molecule has 4 heteroatoms. The van der Waals surface area contributed by atoms with Gasteiger partial charge in [-0.25, -0.2) is 0 Å². The number of hydrogen-bond donors (Lipinski definition) is 2. The number of aromatic hydroxyl groups is 1. The summed E-state index contributed by atoms with van der Waals surface area (Å²) in [4.78, 5) is 0. The maximum absolute atomic E-state index is 9.84. The summed E-state index contributed by atoms with van der Waals surface area (Å²) >= 11 is 7.77. The van der Waals surface area contributed by atoms with Crippen LogP contribution in [-0.2, 0) is 6.54 Å². The minimum absolute atomic E-state index is 0.341. The van der Waals surface area contributed by atoms with E-state index in [1.807, 2.05) is 18.7 Å². The zero-order valence-electron chi connectivity index (χ0n) is 9.88. The molecule has 1 rings (SSSR count). The van der Waals surface area contributed by atoms with Crippen LogP contribution >= 0.6 is 23.4 Å². The Bertz CT molecular complexity index is 357. The lowest BCUT2D eigenvalue weighted by Crippen LogP contribution is -2.22. The third-order valence-corrected chi connectivity index (χ3v) is 3.68. The molecule has 0 aliphatic carbocycles. The third-order valence-electron chi connectivity index (χ3n) is 2.49. The summed E-state index contributed by atoms with van der Waals surface area (Å²) in [6, 6.07) is 3.57. The van der Waals surface area contributed by atoms with Gasteiger partial charge in [0.2, 0.25) is 0 Å². The predicted octanol–water partition coefficient (Wildman–Crippen LogP) is 3.20. The molecule has 0 bridgehead atoms. The molecule has 1 aromatic carbocycles. The fourth-order valence-electron chi connectivity index (χ4n) is 1.43.